The maximum atomic E-state index is 13.7. The van der Waals surface area contributed by atoms with Gasteiger partial charge in [-0.2, -0.15) is 13.2 Å². The van der Waals surface area contributed by atoms with Crippen molar-refractivity contribution in [1.29, 1.82) is 0 Å². The summed E-state index contributed by atoms with van der Waals surface area (Å²) in [5.74, 6) is 0. The van der Waals surface area contributed by atoms with Gasteiger partial charge in [0.05, 0.1) is 5.56 Å². The first kappa shape index (κ1) is 21.4. The highest BCUT2D eigenvalue weighted by molar-refractivity contribution is 6.21. The van der Waals surface area contributed by atoms with E-state index >= 15 is 0 Å². The topological polar surface area (TPSA) is 0 Å². The van der Waals surface area contributed by atoms with Gasteiger partial charge < -0.3 is 0 Å². The average Bonchev–Trinajstić information content (AvgIpc) is 2.86. The van der Waals surface area contributed by atoms with Gasteiger partial charge in [0.15, 0.2) is 0 Å². The lowest BCUT2D eigenvalue weighted by Crippen LogP contribution is -2.05. The van der Waals surface area contributed by atoms with Crippen molar-refractivity contribution >= 4 is 32.3 Å². The zero-order valence-electron chi connectivity index (χ0n) is 19.0. The number of alkyl halides is 3. The molecule has 6 aromatic rings. The Bertz CT molecular complexity index is 1690. The molecule has 170 valence electrons. The number of benzene rings is 6. The monoisotopic (exact) mass is 462 g/mol. The number of hydrogen-bond donors (Lipinski definition) is 0. The molecule has 6 aromatic carbocycles. The molecule has 0 nitrogen and oxygen atoms in total. The zero-order valence-corrected chi connectivity index (χ0v) is 19.0. The van der Waals surface area contributed by atoms with Crippen LogP contribution in [0.1, 0.15) is 11.1 Å². The first-order valence-corrected chi connectivity index (χ1v) is 11.5. The quantitative estimate of drug-likeness (QED) is 0.225. The molecule has 0 aliphatic heterocycles. The minimum Gasteiger partial charge on any atom is -0.166 e. The summed E-state index contributed by atoms with van der Waals surface area (Å²) in [6.45, 7) is 1.71. The van der Waals surface area contributed by atoms with E-state index in [0.717, 1.165) is 43.6 Å². The van der Waals surface area contributed by atoms with Crippen LogP contribution < -0.4 is 0 Å². The van der Waals surface area contributed by atoms with E-state index in [2.05, 4.69) is 42.5 Å². The second-order valence-electron chi connectivity index (χ2n) is 8.99. The van der Waals surface area contributed by atoms with E-state index in [0.29, 0.717) is 11.1 Å². The molecular weight excluding hydrogens is 441 g/mol. The maximum absolute atomic E-state index is 13.7. The minimum atomic E-state index is -4.41. The van der Waals surface area contributed by atoms with Gasteiger partial charge in [-0.3, -0.25) is 0 Å². The molecule has 0 aromatic heterocycles. The lowest BCUT2D eigenvalue weighted by atomic mass is 9.85. The van der Waals surface area contributed by atoms with Crippen molar-refractivity contribution < 1.29 is 13.2 Å². The largest absolute Gasteiger partial charge is 0.416 e. The fourth-order valence-corrected chi connectivity index (χ4v) is 5.19. The van der Waals surface area contributed by atoms with Crippen LogP contribution in [0.3, 0.4) is 0 Å². The Morgan fingerprint density at radius 3 is 1.57 bits per heavy atom. The summed E-state index contributed by atoms with van der Waals surface area (Å²) in [6.07, 6.45) is -4.41. The van der Waals surface area contributed by atoms with Gasteiger partial charge in [-0.05, 0) is 85.3 Å². The number of halogens is 3. The van der Waals surface area contributed by atoms with E-state index in [1.54, 1.807) is 6.92 Å². The van der Waals surface area contributed by atoms with Crippen molar-refractivity contribution in [2.24, 2.45) is 0 Å². The van der Waals surface area contributed by atoms with Gasteiger partial charge in [0, 0.05) is 0 Å². The van der Waals surface area contributed by atoms with Crippen LogP contribution >= 0.6 is 0 Å². The van der Waals surface area contributed by atoms with E-state index in [-0.39, 0.29) is 0 Å². The SMILES string of the molecule is Cc1cc(-c2c3ccccc3c(-c3ccc4ccccc4c3)c3ccccc23)cc(C(F)(F)F)c1. The summed E-state index contributed by atoms with van der Waals surface area (Å²) in [7, 11) is 0. The van der Waals surface area contributed by atoms with E-state index < -0.39 is 11.7 Å². The predicted octanol–water partition coefficient (Wildman–Crippen LogP) is 9.81. The highest BCUT2D eigenvalue weighted by Crippen LogP contribution is 2.45. The van der Waals surface area contributed by atoms with Crippen molar-refractivity contribution in [3.8, 4) is 22.3 Å². The third-order valence-corrected chi connectivity index (χ3v) is 6.66. The fraction of sp³-hybridized carbons (Fsp3) is 0.0625. The second kappa shape index (κ2) is 7.99. The molecule has 0 atom stereocenters. The normalized spacial score (nSPS) is 12.0. The van der Waals surface area contributed by atoms with E-state index in [1.807, 2.05) is 54.6 Å². The van der Waals surface area contributed by atoms with Gasteiger partial charge in [0.1, 0.15) is 0 Å². The molecule has 0 unspecified atom stereocenters. The van der Waals surface area contributed by atoms with Crippen LogP contribution in [0.2, 0.25) is 0 Å². The smallest absolute Gasteiger partial charge is 0.166 e. The summed E-state index contributed by atoms with van der Waals surface area (Å²) in [6, 6.07) is 35.1. The van der Waals surface area contributed by atoms with E-state index in [9.17, 15) is 13.2 Å². The summed E-state index contributed by atoms with van der Waals surface area (Å²) < 4.78 is 41.1. The van der Waals surface area contributed by atoms with Gasteiger partial charge >= 0.3 is 6.18 Å². The Morgan fingerprint density at radius 1 is 0.486 bits per heavy atom. The molecule has 0 fully saturated rings. The molecule has 0 bridgehead atoms. The zero-order chi connectivity index (χ0) is 24.2. The van der Waals surface area contributed by atoms with Crippen molar-refractivity contribution in [3.05, 3.63) is 120 Å². The number of hydrogen-bond acceptors (Lipinski definition) is 0. The minimum absolute atomic E-state index is 0.579. The van der Waals surface area contributed by atoms with Crippen LogP contribution in [0.25, 0.3) is 54.6 Å². The molecule has 35 heavy (non-hydrogen) atoms. The van der Waals surface area contributed by atoms with Crippen LogP contribution in [0, 0.1) is 6.92 Å². The molecule has 0 aliphatic rings. The van der Waals surface area contributed by atoms with Gasteiger partial charge in [-0.1, -0.05) is 91.0 Å². The van der Waals surface area contributed by atoms with Gasteiger partial charge in [0.2, 0.25) is 0 Å². The number of fused-ring (bicyclic) bond motifs is 3. The van der Waals surface area contributed by atoms with Crippen molar-refractivity contribution in [1.82, 2.24) is 0 Å². The molecule has 0 radical (unpaired) electrons. The molecule has 0 saturated heterocycles. The standard InChI is InChI=1S/C32H21F3/c1-20-16-24(19-25(17-20)32(33,34)35)31-28-12-6-4-10-26(28)30(27-11-5-7-13-29(27)31)23-15-14-21-8-2-3-9-22(21)18-23/h2-19H,1H3. The molecule has 0 saturated carbocycles. The molecule has 0 N–H and O–H groups in total. The lowest BCUT2D eigenvalue weighted by molar-refractivity contribution is -0.137. The van der Waals surface area contributed by atoms with Crippen LogP contribution in [-0.2, 0) is 6.18 Å². The Kier molecular flexibility index (Phi) is 4.89. The summed E-state index contributed by atoms with van der Waals surface area (Å²) in [4.78, 5) is 0. The summed E-state index contributed by atoms with van der Waals surface area (Å²) >= 11 is 0. The highest BCUT2D eigenvalue weighted by Gasteiger charge is 2.31. The maximum Gasteiger partial charge on any atom is 0.416 e. The number of rotatable bonds is 2. The molecule has 3 heteroatoms. The third kappa shape index (κ3) is 3.64. The van der Waals surface area contributed by atoms with Crippen molar-refractivity contribution in [2.45, 2.75) is 13.1 Å². The van der Waals surface area contributed by atoms with E-state index in [1.165, 1.54) is 17.5 Å². The fourth-order valence-electron chi connectivity index (χ4n) is 5.19. The second-order valence-corrected chi connectivity index (χ2v) is 8.99. The molecule has 6 rings (SSSR count). The Balaban J connectivity index is 1.74. The highest BCUT2D eigenvalue weighted by atomic mass is 19.4. The molecule has 0 spiro atoms. The molecule has 0 aliphatic carbocycles. The first-order chi connectivity index (χ1) is 16.9. The predicted molar refractivity (Wildman–Crippen MR) is 140 cm³/mol. The Hall–Kier alpha value is -4.11. The Labute approximate surface area is 201 Å². The van der Waals surface area contributed by atoms with Crippen LogP contribution in [0.15, 0.2) is 109 Å². The number of aryl methyl sites for hydroxylation is 1. The summed E-state index contributed by atoms with van der Waals surface area (Å²) in [5, 5.41) is 6.23. The van der Waals surface area contributed by atoms with Crippen molar-refractivity contribution in [2.75, 3.05) is 0 Å². The third-order valence-electron chi connectivity index (χ3n) is 6.66. The van der Waals surface area contributed by atoms with Gasteiger partial charge in [-0.25, -0.2) is 0 Å². The van der Waals surface area contributed by atoms with Gasteiger partial charge in [0.25, 0.3) is 0 Å². The van der Waals surface area contributed by atoms with E-state index in [4.69, 9.17) is 0 Å². The molecule has 0 heterocycles. The van der Waals surface area contributed by atoms with Gasteiger partial charge in [-0.15, -0.1) is 0 Å². The summed E-state index contributed by atoms with van der Waals surface area (Å²) in [5.41, 5.74) is 3.54. The van der Waals surface area contributed by atoms with Crippen LogP contribution in [0.5, 0.6) is 0 Å². The van der Waals surface area contributed by atoms with Crippen molar-refractivity contribution in [3.63, 3.8) is 0 Å². The van der Waals surface area contributed by atoms with Crippen LogP contribution in [0.4, 0.5) is 13.2 Å². The average molecular weight is 463 g/mol. The Morgan fingerprint density at radius 2 is 1.00 bits per heavy atom. The lowest BCUT2D eigenvalue weighted by Gasteiger charge is -2.19. The molecule has 0 amide bonds. The molecular formula is C32H21F3. The van der Waals surface area contributed by atoms with Crippen LogP contribution in [-0.4, -0.2) is 0 Å². The first-order valence-electron chi connectivity index (χ1n) is 11.5.